The van der Waals surface area contributed by atoms with Gasteiger partial charge in [0, 0.05) is 6.04 Å². The van der Waals surface area contributed by atoms with E-state index in [4.69, 9.17) is 0 Å². The summed E-state index contributed by atoms with van der Waals surface area (Å²) in [5, 5.41) is 3.90. The molecule has 194 valence electrons. The summed E-state index contributed by atoms with van der Waals surface area (Å²) in [6, 6.07) is 5.82. The van der Waals surface area contributed by atoms with Crippen molar-refractivity contribution in [2.45, 2.75) is 56.4 Å². The molecule has 1 aromatic carbocycles. The molecule has 1 saturated heterocycles. The van der Waals surface area contributed by atoms with Crippen LogP contribution in [-0.2, 0) is 6.18 Å². The van der Waals surface area contributed by atoms with Gasteiger partial charge in [-0.25, -0.2) is 0 Å². The standard InChI is InChI=1S/C31H35F3N2Si/c1-30(2)35-28-22(20-16-18-21(19-17-20)31(32,33)34)14-9-15-27(28)36(30)37(3,4)29-25-12-7-5-10-23(25)24-11-6-8-13-26(24)29/h5-19,23-29,35H,1-4H3/t23?,24?,25?,26?,27-,28?,29?/m1/s1. The van der Waals surface area contributed by atoms with Crippen molar-refractivity contribution in [3.8, 4) is 0 Å². The van der Waals surface area contributed by atoms with Gasteiger partial charge in [0.25, 0.3) is 0 Å². The van der Waals surface area contributed by atoms with Crippen LogP contribution in [0.2, 0.25) is 18.6 Å². The van der Waals surface area contributed by atoms with Gasteiger partial charge in [0.1, 0.15) is 8.24 Å². The number of rotatable bonds is 3. The molecule has 5 unspecified atom stereocenters. The minimum absolute atomic E-state index is 0.0279. The lowest BCUT2D eigenvalue weighted by Crippen LogP contribution is -2.64. The first-order valence-corrected chi connectivity index (χ1v) is 16.4. The number of fused-ring (bicyclic) bond motifs is 4. The lowest BCUT2D eigenvalue weighted by molar-refractivity contribution is -0.137. The van der Waals surface area contributed by atoms with E-state index in [1.165, 1.54) is 12.1 Å². The van der Waals surface area contributed by atoms with Crippen LogP contribution in [0.25, 0.3) is 5.57 Å². The van der Waals surface area contributed by atoms with Crippen LogP contribution in [0.15, 0.2) is 91.1 Å². The number of halogens is 3. The molecule has 1 N–H and O–H groups in total. The molecule has 0 bridgehead atoms. The molecular weight excluding hydrogens is 485 g/mol. The average Bonchev–Trinajstić information content (AvgIpc) is 3.34. The molecule has 4 aliphatic carbocycles. The van der Waals surface area contributed by atoms with Gasteiger partial charge in [-0.1, -0.05) is 92.1 Å². The number of hydrogen-bond donors (Lipinski definition) is 1. The molecule has 0 amide bonds. The summed E-state index contributed by atoms with van der Waals surface area (Å²) < 4.78 is 42.3. The van der Waals surface area contributed by atoms with Gasteiger partial charge in [-0.2, -0.15) is 13.2 Å². The Balaban J connectivity index is 1.35. The summed E-state index contributed by atoms with van der Waals surface area (Å²) in [5.74, 6) is 2.10. The van der Waals surface area contributed by atoms with Crippen molar-refractivity contribution in [1.29, 1.82) is 0 Å². The average molecular weight is 521 g/mol. The fraction of sp³-hybridized carbons (Fsp3) is 0.419. The third-order valence-electron chi connectivity index (χ3n) is 9.37. The van der Waals surface area contributed by atoms with Crippen molar-refractivity contribution >= 4 is 13.8 Å². The van der Waals surface area contributed by atoms with Crippen LogP contribution in [0.5, 0.6) is 0 Å². The number of benzene rings is 1. The molecule has 6 heteroatoms. The van der Waals surface area contributed by atoms with Crippen LogP contribution in [0, 0.1) is 23.7 Å². The second-order valence-electron chi connectivity index (χ2n) is 12.2. The second kappa shape index (κ2) is 8.55. The van der Waals surface area contributed by atoms with E-state index >= 15 is 0 Å². The maximum atomic E-state index is 13.2. The number of allylic oxidation sites excluding steroid dienone is 10. The SMILES string of the molecule is CC1(C)NC2C(c3ccc(C(F)(F)F)cc3)=CC=C[C@H]2N1[Si](C)(C)C1C2C=CC=CC2C2C=CC=CC21. The Bertz CT molecular complexity index is 1210. The fourth-order valence-electron chi connectivity index (χ4n) is 8.26. The quantitative estimate of drug-likeness (QED) is 0.420. The van der Waals surface area contributed by atoms with Gasteiger partial charge >= 0.3 is 6.18 Å². The van der Waals surface area contributed by atoms with Crippen LogP contribution in [0.1, 0.15) is 25.0 Å². The molecule has 0 radical (unpaired) electrons. The molecule has 0 aromatic heterocycles. The molecule has 0 spiro atoms. The van der Waals surface area contributed by atoms with E-state index in [-0.39, 0.29) is 17.7 Å². The Morgan fingerprint density at radius 1 is 0.784 bits per heavy atom. The smallest absolute Gasteiger partial charge is 0.299 e. The van der Waals surface area contributed by atoms with Gasteiger partial charge in [0.15, 0.2) is 0 Å². The van der Waals surface area contributed by atoms with E-state index in [1.54, 1.807) is 12.1 Å². The normalized spacial score (nSPS) is 35.9. The van der Waals surface area contributed by atoms with Crippen molar-refractivity contribution in [3.63, 3.8) is 0 Å². The maximum Gasteiger partial charge on any atom is 0.416 e. The molecule has 6 atom stereocenters. The van der Waals surface area contributed by atoms with Crippen molar-refractivity contribution in [3.05, 3.63) is 102 Å². The van der Waals surface area contributed by atoms with Gasteiger partial charge in [0.2, 0.25) is 0 Å². The monoisotopic (exact) mass is 520 g/mol. The largest absolute Gasteiger partial charge is 0.416 e. The third-order valence-corrected chi connectivity index (χ3v) is 13.9. The summed E-state index contributed by atoms with van der Waals surface area (Å²) in [7, 11) is -2.09. The van der Waals surface area contributed by atoms with Crippen molar-refractivity contribution in [2.75, 3.05) is 0 Å². The molecule has 1 heterocycles. The number of hydrogen-bond acceptors (Lipinski definition) is 2. The zero-order valence-corrected chi connectivity index (χ0v) is 22.8. The number of nitrogens with zero attached hydrogens (tertiary/aromatic N) is 1. The minimum Gasteiger partial charge on any atom is -0.299 e. The van der Waals surface area contributed by atoms with Crippen molar-refractivity contribution < 1.29 is 13.2 Å². The van der Waals surface area contributed by atoms with Crippen LogP contribution in [0.3, 0.4) is 0 Å². The first-order valence-electron chi connectivity index (χ1n) is 13.3. The zero-order valence-electron chi connectivity index (χ0n) is 21.8. The summed E-state index contributed by atoms with van der Waals surface area (Å²) in [6.07, 6.45) is 20.7. The van der Waals surface area contributed by atoms with E-state index < -0.39 is 20.0 Å². The Kier molecular flexibility index (Phi) is 5.75. The molecule has 37 heavy (non-hydrogen) atoms. The van der Waals surface area contributed by atoms with E-state index in [2.05, 4.69) is 104 Å². The summed E-state index contributed by atoms with van der Waals surface area (Å²) >= 11 is 0. The molecule has 2 fully saturated rings. The molecular formula is C31H35F3N2Si. The van der Waals surface area contributed by atoms with Crippen LogP contribution in [0.4, 0.5) is 13.2 Å². The highest BCUT2D eigenvalue weighted by Gasteiger charge is 2.61. The lowest BCUT2D eigenvalue weighted by atomic mass is 9.83. The Morgan fingerprint density at radius 3 is 1.86 bits per heavy atom. The molecule has 1 aromatic rings. The topological polar surface area (TPSA) is 15.3 Å². The molecule has 6 rings (SSSR count). The van der Waals surface area contributed by atoms with Gasteiger partial charge in [-0.3, -0.25) is 9.88 Å². The zero-order chi connectivity index (χ0) is 26.2. The van der Waals surface area contributed by atoms with E-state index in [9.17, 15) is 13.2 Å². The minimum atomic E-state index is -4.33. The number of alkyl halides is 3. The predicted molar refractivity (Wildman–Crippen MR) is 147 cm³/mol. The Hall–Kier alpha value is -2.41. The van der Waals surface area contributed by atoms with Gasteiger partial charge in [-0.05, 0) is 66.3 Å². The van der Waals surface area contributed by atoms with Gasteiger partial charge < -0.3 is 0 Å². The van der Waals surface area contributed by atoms with E-state index in [0.29, 0.717) is 29.2 Å². The summed E-state index contributed by atoms with van der Waals surface area (Å²) in [4.78, 5) is 0. The summed E-state index contributed by atoms with van der Waals surface area (Å²) in [6.45, 7) is 9.61. The first-order chi connectivity index (χ1) is 17.5. The molecule has 2 nitrogen and oxygen atoms in total. The van der Waals surface area contributed by atoms with Crippen LogP contribution in [-0.4, -0.2) is 30.5 Å². The highest BCUT2D eigenvalue weighted by Crippen LogP contribution is 2.60. The lowest BCUT2D eigenvalue weighted by Gasteiger charge is -2.51. The van der Waals surface area contributed by atoms with Gasteiger partial charge in [0.05, 0.1) is 17.3 Å². The molecule has 1 saturated carbocycles. The van der Waals surface area contributed by atoms with E-state index in [0.717, 1.165) is 11.1 Å². The Labute approximate surface area is 219 Å². The van der Waals surface area contributed by atoms with Gasteiger partial charge in [-0.15, -0.1) is 0 Å². The first kappa shape index (κ1) is 24.9. The fourth-order valence-corrected chi connectivity index (χ4v) is 13.6. The van der Waals surface area contributed by atoms with Crippen LogP contribution < -0.4 is 5.32 Å². The van der Waals surface area contributed by atoms with Crippen molar-refractivity contribution in [1.82, 2.24) is 9.88 Å². The highest BCUT2D eigenvalue weighted by molar-refractivity contribution is 6.76. The van der Waals surface area contributed by atoms with Crippen LogP contribution >= 0.6 is 0 Å². The van der Waals surface area contributed by atoms with E-state index in [1.807, 2.05) is 0 Å². The Morgan fingerprint density at radius 2 is 1.32 bits per heavy atom. The number of nitrogens with one attached hydrogen (secondary N) is 1. The molecule has 1 aliphatic heterocycles. The maximum absolute atomic E-state index is 13.2. The second-order valence-corrected chi connectivity index (χ2v) is 16.6. The summed E-state index contributed by atoms with van der Waals surface area (Å²) in [5.41, 5.74) is 1.60. The highest BCUT2D eigenvalue weighted by atomic mass is 28.3. The predicted octanol–water partition coefficient (Wildman–Crippen LogP) is 7.34. The molecule has 5 aliphatic rings. The third kappa shape index (κ3) is 3.91. The van der Waals surface area contributed by atoms with Crippen molar-refractivity contribution in [2.24, 2.45) is 23.7 Å².